The van der Waals surface area contributed by atoms with Crippen molar-refractivity contribution in [3.05, 3.63) is 41.0 Å². The zero-order valence-corrected chi connectivity index (χ0v) is 12.3. The Morgan fingerprint density at radius 3 is 2.82 bits per heavy atom. The fourth-order valence-electron chi connectivity index (χ4n) is 2.47. The maximum Gasteiger partial charge on any atom is 0.308 e. The molecule has 1 unspecified atom stereocenters. The molecule has 1 amide bonds. The van der Waals surface area contributed by atoms with Crippen LogP contribution < -0.4 is 0 Å². The number of benzene rings is 1. The topological polar surface area (TPSA) is 83.6 Å². The SMILES string of the molecule is O=C(O)C1CCN(C(=O)c2cc(-c3ccccc3Cl)on2)C1. The number of nitrogens with zero attached hydrogens (tertiary/aromatic N) is 2. The molecule has 1 N–H and O–H groups in total. The van der Waals surface area contributed by atoms with E-state index in [4.69, 9.17) is 21.2 Å². The van der Waals surface area contributed by atoms with Crippen molar-refractivity contribution in [3.63, 3.8) is 0 Å². The highest BCUT2D eigenvalue weighted by Gasteiger charge is 2.32. The smallest absolute Gasteiger partial charge is 0.308 e. The molecular formula is C15H13ClN2O4. The number of carboxylic acids is 1. The Balaban J connectivity index is 1.78. The van der Waals surface area contributed by atoms with Crippen molar-refractivity contribution < 1.29 is 19.2 Å². The maximum absolute atomic E-state index is 12.3. The number of hydrogen-bond donors (Lipinski definition) is 1. The van der Waals surface area contributed by atoms with E-state index in [1.54, 1.807) is 18.2 Å². The van der Waals surface area contributed by atoms with E-state index in [0.29, 0.717) is 29.3 Å². The first kappa shape index (κ1) is 14.6. The van der Waals surface area contributed by atoms with Gasteiger partial charge in [-0.25, -0.2) is 0 Å². The summed E-state index contributed by atoms with van der Waals surface area (Å²) in [4.78, 5) is 24.7. The van der Waals surface area contributed by atoms with Gasteiger partial charge < -0.3 is 14.5 Å². The van der Waals surface area contributed by atoms with Crippen LogP contribution in [0.15, 0.2) is 34.9 Å². The number of carbonyl (C=O) groups is 2. The van der Waals surface area contributed by atoms with Gasteiger partial charge in [0.25, 0.3) is 5.91 Å². The number of rotatable bonds is 3. The van der Waals surface area contributed by atoms with E-state index in [2.05, 4.69) is 5.16 Å². The van der Waals surface area contributed by atoms with E-state index in [9.17, 15) is 9.59 Å². The van der Waals surface area contributed by atoms with Crippen molar-refractivity contribution >= 4 is 23.5 Å². The van der Waals surface area contributed by atoms with Crippen LogP contribution in [-0.4, -0.2) is 40.1 Å². The van der Waals surface area contributed by atoms with Crippen molar-refractivity contribution in [2.24, 2.45) is 5.92 Å². The lowest BCUT2D eigenvalue weighted by Crippen LogP contribution is -2.30. The van der Waals surface area contributed by atoms with Crippen molar-refractivity contribution in [2.75, 3.05) is 13.1 Å². The van der Waals surface area contributed by atoms with Crippen LogP contribution in [0.2, 0.25) is 5.02 Å². The lowest BCUT2D eigenvalue weighted by Gasteiger charge is -2.13. The standard InChI is InChI=1S/C15H13ClN2O4/c16-11-4-2-1-3-10(11)13-7-12(17-22-13)14(19)18-6-5-9(8-18)15(20)21/h1-4,7,9H,5-6,8H2,(H,20,21). The fraction of sp³-hybridized carbons (Fsp3) is 0.267. The third kappa shape index (κ3) is 2.69. The van der Waals surface area contributed by atoms with E-state index in [1.807, 2.05) is 6.07 Å². The quantitative estimate of drug-likeness (QED) is 0.939. The summed E-state index contributed by atoms with van der Waals surface area (Å²) in [5.41, 5.74) is 0.807. The first-order valence-corrected chi connectivity index (χ1v) is 7.18. The van der Waals surface area contributed by atoms with Crippen LogP contribution in [0.5, 0.6) is 0 Å². The average molecular weight is 321 g/mol. The van der Waals surface area contributed by atoms with Gasteiger partial charge in [0.2, 0.25) is 0 Å². The number of halogens is 1. The Labute approximate surface area is 131 Å². The van der Waals surface area contributed by atoms with Crippen LogP contribution in [-0.2, 0) is 4.79 Å². The second-order valence-corrected chi connectivity index (χ2v) is 5.54. The first-order valence-electron chi connectivity index (χ1n) is 6.80. The predicted octanol–water partition coefficient (Wildman–Crippen LogP) is 2.54. The summed E-state index contributed by atoms with van der Waals surface area (Å²) in [6, 6.07) is 8.62. The molecule has 1 aliphatic heterocycles. The third-order valence-electron chi connectivity index (χ3n) is 3.69. The molecule has 0 radical (unpaired) electrons. The molecule has 1 atom stereocenters. The Hall–Kier alpha value is -2.34. The molecule has 6 nitrogen and oxygen atoms in total. The fourth-order valence-corrected chi connectivity index (χ4v) is 2.70. The Morgan fingerprint density at radius 2 is 2.14 bits per heavy atom. The van der Waals surface area contributed by atoms with E-state index < -0.39 is 11.9 Å². The monoisotopic (exact) mass is 320 g/mol. The molecule has 0 aliphatic carbocycles. The van der Waals surface area contributed by atoms with E-state index >= 15 is 0 Å². The molecule has 0 spiro atoms. The number of amides is 1. The number of likely N-dealkylation sites (tertiary alicyclic amines) is 1. The number of carbonyl (C=O) groups excluding carboxylic acids is 1. The van der Waals surface area contributed by atoms with Gasteiger partial charge in [-0.3, -0.25) is 9.59 Å². The van der Waals surface area contributed by atoms with Crippen LogP contribution in [0.1, 0.15) is 16.9 Å². The molecule has 0 saturated carbocycles. The minimum Gasteiger partial charge on any atom is -0.481 e. The zero-order chi connectivity index (χ0) is 15.7. The van der Waals surface area contributed by atoms with Crippen molar-refractivity contribution in [1.82, 2.24) is 10.1 Å². The summed E-state index contributed by atoms with van der Waals surface area (Å²) in [7, 11) is 0. The lowest BCUT2D eigenvalue weighted by molar-refractivity contribution is -0.141. The summed E-state index contributed by atoms with van der Waals surface area (Å²) >= 11 is 6.08. The maximum atomic E-state index is 12.3. The van der Waals surface area contributed by atoms with Crippen LogP contribution in [0.3, 0.4) is 0 Å². The molecule has 2 heterocycles. The van der Waals surface area contributed by atoms with Gasteiger partial charge in [0.15, 0.2) is 11.5 Å². The van der Waals surface area contributed by atoms with E-state index in [1.165, 1.54) is 11.0 Å². The highest BCUT2D eigenvalue weighted by atomic mass is 35.5. The molecule has 114 valence electrons. The molecule has 7 heteroatoms. The minimum absolute atomic E-state index is 0.154. The van der Waals surface area contributed by atoms with Gasteiger partial charge >= 0.3 is 5.97 Å². The predicted molar refractivity (Wildman–Crippen MR) is 78.6 cm³/mol. The lowest BCUT2D eigenvalue weighted by atomic mass is 10.1. The van der Waals surface area contributed by atoms with Crippen LogP contribution in [0.4, 0.5) is 0 Å². The summed E-state index contributed by atoms with van der Waals surface area (Å²) in [6.45, 7) is 0.604. The average Bonchev–Trinajstić information content (AvgIpc) is 3.17. The van der Waals surface area contributed by atoms with Crippen LogP contribution in [0.25, 0.3) is 11.3 Å². The second-order valence-electron chi connectivity index (χ2n) is 5.13. The molecule has 1 saturated heterocycles. The molecule has 1 fully saturated rings. The zero-order valence-electron chi connectivity index (χ0n) is 11.5. The molecule has 0 bridgehead atoms. The highest BCUT2D eigenvalue weighted by molar-refractivity contribution is 6.33. The van der Waals surface area contributed by atoms with Gasteiger partial charge in [0, 0.05) is 24.7 Å². The Bertz CT molecular complexity index is 728. The Morgan fingerprint density at radius 1 is 1.36 bits per heavy atom. The van der Waals surface area contributed by atoms with E-state index in [-0.39, 0.29) is 18.1 Å². The van der Waals surface area contributed by atoms with Gasteiger partial charge in [0.05, 0.1) is 10.9 Å². The van der Waals surface area contributed by atoms with Crippen LogP contribution in [0, 0.1) is 5.92 Å². The van der Waals surface area contributed by atoms with Gasteiger partial charge in [-0.05, 0) is 18.6 Å². The summed E-state index contributed by atoms with van der Waals surface area (Å²) in [6.07, 6.45) is 0.455. The van der Waals surface area contributed by atoms with Crippen molar-refractivity contribution in [1.29, 1.82) is 0 Å². The molecule has 1 aliphatic rings. The van der Waals surface area contributed by atoms with Crippen LogP contribution >= 0.6 is 11.6 Å². The number of carboxylic acid groups (broad SMARTS) is 1. The summed E-state index contributed by atoms with van der Waals surface area (Å²) in [5, 5.41) is 13.3. The molecule has 1 aromatic heterocycles. The Kier molecular flexibility index (Phi) is 3.85. The highest BCUT2D eigenvalue weighted by Crippen LogP contribution is 2.28. The largest absolute Gasteiger partial charge is 0.481 e. The molecule has 2 aromatic rings. The molecular weight excluding hydrogens is 308 g/mol. The minimum atomic E-state index is -0.882. The number of hydrogen-bond acceptors (Lipinski definition) is 4. The van der Waals surface area contributed by atoms with Gasteiger partial charge in [-0.1, -0.05) is 28.9 Å². The van der Waals surface area contributed by atoms with Gasteiger partial charge in [-0.15, -0.1) is 0 Å². The summed E-state index contributed by atoms with van der Waals surface area (Å²) < 4.78 is 5.19. The van der Waals surface area contributed by atoms with Gasteiger partial charge in [0.1, 0.15) is 0 Å². The summed E-state index contributed by atoms with van der Waals surface area (Å²) in [5.74, 6) is -1.32. The van der Waals surface area contributed by atoms with Gasteiger partial charge in [-0.2, -0.15) is 0 Å². The van der Waals surface area contributed by atoms with Crippen molar-refractivity contribution in [2.45, 2.75) is 6.42 Å². The molecule has 3 rings (SSSR count). The number of aromatic nitrogens is 1. The number of aliphatic carboxylic acids is 1. The first-order chi connectivity index (χ1) is 10.6. The third-order valence-corrected chi connectivity index (χ3v) is 4.02. The second kappa shape index (κ2) is 5.81. The molecule has 1 aromatic carbocycles. The van der Waals surface area contributed by atoms with E-state index in [0.717, 1.165) is 0 Å². The van der Waals surface area contributed by atoms with Crippen molar-refractivity contribution in [3.8, 4) is 11.3 Å². The normalized spacial score (nSPS) is 17.7. The molecule has 22 heavy (non-hydrogen) atoms.